The monoisotopic (exact) mass is 233 g/mol. The Bertz CT molecular complexity index is 413. The Balaban J connectivity index is 1.98. The minimum Gasteiger partial charge on any atom is -0.272 e. The number of hydrogen-bond donors (Lipinski definition) is 0. The first-order chi connectivity index (χ1) is 8.34. The lowest BCUT2D eigenvalue weighted by Crippen LogP contribution is -2.32. The summed E-state index contributed by atoms with van der Waals surface area (Å²) >= 11 is 0. The first-order valence-corrected chi connectivity index (χ1v) is 6.61. The molecule has 0 amide bonds. The first kappa shape index (κ1) is 11.0. The van der Waals surface area contributed by atoms with E-state index in [1.807, 2.05) is 12.0 Å². The van der Waals surface area contributed by atoms with Crippen LogP contribution >= 0.6 is 0 Å². The molecule has 0 aromatic carbocycles. The number of nitrogens with zero attached hydrogens (tertiary/aromatic N) is 3. The van der Waals surface area contributed by atoms with Crippen molar-refractivity contribution in [1.29, 1.82) is 0 Å². The average Bonchev–Trinajstić information content (AvgIpc) is 2.39. The third-order valence-corrected chi connectivity index (χ3v) is 3.51. The molecule has 1 fully saturated rings. The van der Waals surface area contributed by atoms with Crippen LogP contribution in [0.2, 0.25) is 0 Å². The Morgan fingerprint density at radius 2 is 1.94 bits per heavy atom. The molecule has 1 aliphatic heterocycles. The summed E-state index contributed by atoms with van der Waals surface area (Å²) in [6.45, 7) is 3.75. The minimum atomic E-state index is 0.817. The summed E-state index contributed by atoms with van der Waals surface area (Å²) in [5.41, 5.74) is 2.57. The average molecular weight is 233 g/mol. The van der Waals surface area contributed by atoms with Crippen LogP contribution in [0.3, 0.4) is 0 Å². The molecule has 1 saturated heterocycles. The number of hydroxylamine groups is 1. The third-order valence-electron chi connectivity index (χ3n) is 3.51. The Morgan fingerprint density at radius 1 is 1.06 bits per heavy atom. The van der Waals surface area contributed by atoms with Crippen molar-refractivity contribution >= 4 is 5.82 Å². The lowest BCUT2D eigenvalue weighted by atomic mass is 9.96. The molecule has 0 spiro atoms. The minimum absolute atomic E-state index is 0.817. The van der Waals surface area contributed by atoms with Crippen LogP contribution in [-0.4, -0.2) is 23.1 Å². The molecular formula is C13H19N3O. The van der Waals surface area contributed by atoms with Crippen molar-refractivity contribution < 1.29 is 4.84 Å². The van der Waals surface area contributed by atoms with Crippen LogP contribution in [0.15, 0.2) is 0 Å². The zero-order chi connectivity index (χ0) is 11.7. The fourth-order valence-electron chi connectivity index (χ4n) is 2.66. The topological polar surface area (TPSA) is 38.2 Å². The van der Waals surface area contributed by atoms with Gasteiger partial charge in [0, 0.05) is 17.8 Å². The molecule has 4 heteroatoms. The fourth-order valence-corrected chi connectivity index (χ4v) is 2.66. The predicted molar refractivity (Wildman–Crippen MR) is 65.9 cm³/mol. The van der Waals surface area contributed by atoms with Crippen molar-refractivity contribution in [3.8, 4) is 0 Å². The van der Waals surface area contributed by atoms with Crippen molar-refractivity contribution in [1.82, 2.24) is 9.97 Å². The molecule has 2 heterocycles. The lowest BCUT2D eigenvalue weighted by molar-refractivity contribution is 0.0755. The molecule has 1 aliphatic carbocycles. The highest BCUT2D eigenvalue weighted by molar-refractivity contribution is 5.48. The molecule has 1 aromatic rings. The largest absolute Gasteiger partial charge is 0.272 e. The summed E-state index contributed by atoms with van der Waals surface area (Å²) in [7, 11) is 0. The van der Waals surface area contributed by atoms with E-state index in [1.54, 1.807) is 0 Å². The smallest absolute Gasteiger partial charge is 0.159 e. The second kappa shape index (κ2) is 4.61. The highest BCUT2D eigenvalue weighted by Gasteiger charge is 2.22. The molecule has 92 valence electrons. The number of aromatic nitrogens is 2. The van der Waals surface area contributed by atoms with E-state index >= 15 is 0 Å². The van der Waals surface area contributed by atoms with Gasteiger partial charge in [0.1, 0.15) is 5.82 Å². The molecular weight excluding hydrogens is 214 g/mol. The Hall–Kier alpha value is -1.16. The molecule has 0 bridgehead atoms. The maximum Gasteiger partial charge on any atom is 0.159 e. The van der Waals surface area contributed by atoms with Gasteiger partial charge in [0.15, 0.2) is 5.82 Å². The van der Waals surface area contributed by atoms with Crippen LogP contribution in [0, 0.1) is 6.92 Å². The summed E-state index contributed by atoms with van der Waals surface area (Å²) in [6, 6.07) is 0. The summed E-state index contributed by atoms with van der Waals surface area (Å²) < 4.78 is 0. The van der Waals surface area contributed by atoms with Gasteiger partial charge in [-0.1, -0.05) is 0 Å². The zero-order valence-corrected chi connectivity index (χ0v) is 10.4. The summed E-state index contributed by atoms with van der Waals surface area (Å²) in [5.74, 6) is 1.90. The van der Waals surface area contributed by atoms with Gasteiger partial charge in [-0.25, -0.2) is 15.0 Å². The summed E-state index contributed by atoms with van der Waals surface area (Å²) in [6.07, 6.45) is 7.05. The number of rotatable bonds is 1. The second-order valence-corrected chi connectivity index (χ2v) is 4.87. The van der Waals surface area contributed by atoms with Crippen molar-refractivity contribution in [2.24, 2.45) is 0 Å². The van der Waals surface area contributed by atoms with Gasteiger partial charge in [-0.3, -0.25) is 4.84 Å². The van der Waals surface area contributed by atoms with Gasteiger partial charge in [0.2, 0.25) is 0 Å². The van der Waals surface area contributed by atoms with E-state index in [2.05, 4.69) is 9.97 Å². The standard InChI is InChI=1S/C13H19N3O/c1-10-14-12-7-3-2-6-11(12)13(15-10)16-8-4-5-9-17-16/h2-9H2,1H3. The Morgan fingerprint density at radius 3 is 2.76 bits per heavy atom. The number of fused-ring (bicyclic) bond motifs is 1. The van der Waals surface area contributed by atoms with Crippen LogP contribution < -0.4 is 5.06 Å². The lowest BCUT2D eigenvalue weighted by Gasteiger charge is -2.30. The normalized spacial score (nSPS) is 20.2. The van der Waals surface area contributed by atoms with Crippen LogP contribution in [0.5, 0.6) is 0 Å². The van der Waals surface area contributed by atoms with Crippen LogP contribution in [0.1, 0.15) is 42.8 Å². The number of hydrogen-bond acceptors (Lipinski definition) is 4. The van der Waals surface area contributed by atoms with E-state index < -0.39 is 0 Å². The van der Waals surface area contributed by atoms with Gasteiger partial charge in [-0.2, -0.15) is 0 Å². The van der Waals surface area contributed by atoms with Crippen LogP contribution in [-0.2, 0) is 17.7 Å². The fraction of sp³-hybridized carbons (Fsp3) is 0.692. The van der Waals surface area contributed by atoms with Crippen molar-refractivity contribution in [3.63, 3.8) is 0 Å². The van der Waals surface area contributed by atoms with E-state index in [-0.39, 0.29) is 0 Å². The van der Waals surface area contributed by atoms with E-state index in [0.29, 0.717) is 0 Å². The summed E-state index contributed by atoms with van der Waals surface area (Å²) in [4.78, 5) is 14.9. The van der Waals surface area contributed by atoms with Crippen molar-refractivity contribution in [2.45, 2.75) is 45.4 Å². The number of anilines is 1. The van der Waals surface area contributed by atoms with Gasteiger partial charge in [-0.05, 0) is 45.4 Å². The highest BCUT2D eigenvalue weighted by atomic mass is 16.7. The Kier molecular flexibility index (Phi) is 2.97. The molecule has 0 N–H and O–H groups in total. The maximum absolute atomic E-state index is 5.73. The molecule has 3 rings (SSSR count). The molecule has 17 heavy (non-hydrogen) atoms. The van der Waals surface area contributed by atoms with Gasteiger partial charge in [0.05, 0.1) is 6.61 Å². The summed E-state index contributed by atoms with van der Waals surface area (Å²) in [5, 5.41) is 1.99. The highest BCUT2D eigenvalue weighted by Crippen LogP contribution is 2.29. The second-order valence-electron chi connectivity index (χ2n) is 4.87. The molecule has 0 unspecified atom stereocenters. The van der Waals surface area contributed by atoms with Gasteiger partial charge >= 0.3 is 0 Å². The van der Waals surface area contributed by atoms with Crippen LogP contribution in [0.25, 0.3) is 0 Å². The third kappa shape index (κ3) is 2.14. The SMILES string of the molecule is Cc1nc2c(c(N3CCCCO3)n1)CCCC2. The molecule has 0 radical (unpaired) electrons. The van der Waals surface area contributed by atoms with Gasteiger partial charge in [0.25, 0.3) is 0 Å². The first-order valence-electron chi connectivity index (χ1n) is 6.61. The predicted octanol–water partition coefficient (Wildman–Crippen LogP) is 2.20. The van der Waals surface area contributed by atoms with Gasteiger partial charge < -0.3 is 0 Å². The van der Waals surface area contributed by atoms with E-state index in [1.165, 1.54) is 30.5 Å². The molecule has 4 nitrogen and oxygen atoms in total. The van der Waals surface area contributed by atoms with E-state index in [0.717, 1.165) is 44.1 Å². The van der Waals surface area contributed by atoms with Crippen molar-refractivity contribution in [3.05, 3.63) is 17.1 Å². The quantitative estimate of drug-likeness (QED) is 0.745. The Labute approximate surface area is 102 Å². The molecule has 0 saturated carbocycles. The zero-order valence-electron chi connectivity index (χ0n) is 10.4. The number of aryl methyl sites for hydroxylation is 2. The van der Waals surface area contributed by atoms with Crippen LogP contribution in [0.4, 0.5) is 5.82 Å². The maximum atomic E-state index is 5.73. The molecule has 0 atom stereocenters. The van der Waals surface area contributed by atoms with Gasteiger partial charge in [-0.15, -0.1) is 0 Å². The van der Waals surface area contributed by atoms with E-state index in [9.17, 15) is 0 Å². The molecule has 2 aliphatic rings. The van der Waals surface area contributed by atoms with Crippen molar-refractivity contribution in [2.75, 3.05) is 18.2 Å². The molecule has 1 aromatic heterocycles. The van der Waals surface area contributed by atoms with E-state index in [4.69, 9.17) is 4.84 Å².